The van der Waals surface area contributed by atoms with Crippen LogP contribution in [0.15, 0.2) is 24.3 Å². The van der Waals surface area contributed by atoms with E-state index in [9.17, 15) is 0 Å². The summed E-state index contributed by atoms with van der Waals surface area (Å²) in [5, 5.41) is 0.793. The van der Waals surface area contributed by atoms with Crippen molar-refractivity contribution in [2.75, 3.05) is 0 Å². The lowest BCUT2D eigenvalue weighted by Gasteiger charge is -2.09. The standard InChI is InChI=1S/C11H16ClN/c1-2-4-11(13)8-9-5-3-6-10(12)7-9/h3,5-7,11H,2,4,8,13H2,1H3/t11-/m0/s1. The lowest BCUT2D eigenvalue weighted by atomic mass is 10.0. The highest BCUT2D eigenvalue weighted by molar-refractivity contribution is 6.30. The summed E-state index contributed by atoms with van der Waals surface area (Å²) in [6.45, 7) is 2.15. The largest absolute Gasteiger partial charge is 0.327 e. The Morgan fingerprint density at radius 2 is 2.23 bits per heavy atom. The first kappa shape index (κ1) is 10.6. The van der Waals surface area contributed by atoms with Crippen molar-refractivity contribution in [3.05, 3.63) is 34.9 Å². The van der Waals surface area contributed by atoms with Crippen LogP contribution in [-0.4, -0.2) is 6.04 Å². The highest BCUT2D eigenvalue weighted by Gasteiger charge is 2.02. The fraction of sp³-hybridized carbons (Fsp3) is 0.455. The highest BCUT2D eigenvalue weighted by Crippen LogP contribution is 2.12. The van der Waals surface area contributed by atoms with Gasteiger partial charge in [0.05, 0.1) is 0 Å². The van der Waals surface area contributed by atoms with Crippen molar-refractivity contribution >= 4 is 11.6 Å². The lowest BCUT2D eigenvalue weighted by molar-refractivity contribution is 0.600. The number of hydrogen-bond donors (Lipinski definition) is 1. The molecule has 1 atom stereocenters. The third kappa shape index (κ3) is 3.79. The molecular weight excluding hydrogens is 182 g/mol. The predicted octanol–water partition coefficient (Wildman–Crippen LogP) is 3.01. The molecule has 0 unspecified atom stereocenters. The molecule has 0 aliphatic heterocycles. The van der Waals surface area contributed by atoms with Gasteiger partial charge in [-0.25, -0.2) is 0 Å². The van der Waals surface area contributed by atoms with Gasteiger partial charge in [0.25, 0.3) is 0 Å². The zero-order chi connectivity index (χ0) is 9.68. The number of hydrogen-bond acceptors (Lipinski definition) is 1. The van der Waals surface area contributed by atoms with Gasteiger partial charge in [-0.2, -0.15) is 0 Å². The molecule has 2 heteroatoms. The number of nitrogens with two attached hydrogens (primary N) is 1. The molecule has 0 saturated carbocycles. The topological polar surface area (TPSA) is 26.0 Å². The van der Waals surface area contributed by atoms with Crippen LogP contribution in [0.2, 0.25) is 5.02 Å². The van der Waals surface area contributed by atoms with E-state index >= 15 is 0 Å². The molecule has 1 nitrogen and oxygen atoms in total. The summed E-state index contributed by atoms with van der Waals surface area (Å²) in [6.07, 6.45) is 3.14. The number of halogens is 1. The van der Waals surface area contributed by atoms with Crippen molar-refractivity contribution in [2.24, 2.45) is 5.73 Å². The molecule has 0 radical (unpaired) electrons. The lowest BCUT2D eigenvalue weighted by Crippen LogP contribution is -2.22. The van der Waals surface area contributed by atoms with Crippen molar-refractivity contribution in [3.63, 3.8) is 0 Å². The second-order valence-corrected chi connectivity index (χ2v) is 3.82. The highest BCUT2D eigenvalue weighted by atomic mass is 35.5. The summed E-state index contributed by atoms with van der Waals surface area (Å²) < 4.78 is 0. The molecular formula is C11H16ClN. The molecule has 0 spiro atoms. The Hall–Kier alpha value is -0.530. The maximum absolute atomic E-state index is 5.92. The van der Waals surface area contributed by atoms with E-state index in [-0.39, 0.29) is 6.04 Å². The molecule has 1 rings (SSSR count). The first-order valence-corrected chi connectivity index (χ1v) is 5.10. The van der Waals surface area contributed by atoms with Crippen LogP contribution in [0, 0.1) is 0 Å². The predicted molar refractivity (Wildman–Crippen MR) is 58.0 cm³/mol. The van der Waals surface area contributed by atoms with Crippen LogP contribution in [0.5, 0.6) is 0 Å². The fourth-order valence-electron chi connectivity index (χ4n) is 1.44. The Labute approximate surface area is 84.9 Å². The summed E-state index contributed by atoms with van der Waals surface area (Å²) in [5.41, 5.74) is 7.15. The Balaban J connectivity index is 2.53. The first-order valence-electron chi connectivity index (χ1n) is 4.72. The molecule has 0 amide bonds. The summed E-state index contributed by atoms with van der Waals surface area (Å²) in [5.74, 6) is 0. The van der Waals surface area contributed by atoms with Crippen molar-refractivity contribution in [3.8, 4) is 0 Å². The Bertz CT molecular complexity index is 260. The van der Waals surface area contributed by atoms with Crippen LogP contribution in [0.3, 0.4) is 0 Å². The van der Waals surface area contributed by atoms with Gasteiger partial charge in [-0.15, -0.1) is 0 Å². The second-order valence-electron chi connectivity index (χ2n) is 3.38. The van der Waals surface area contributed by atoms with Gasteiger partial charge in [0.15, 0.2) is 0 Å². The minimum atomic E-state index is 0.267. The molecule has 2 N–H and O–H groups in total. The van der Waals surface area contributed by atoms with Crippen molar-refractivity contribution < 1.29 is 0 Å². The molecule has 0 saturated heterocycles. The summed E-state index contributed by atoms with van der Waals surface area (Å²) in [7, 11) is 0. The zero-order valence-electron chi connectivity index (χ0n) is 7.96. The second kappa shape index (κ2) is 5.25. The minimum absolute atomic E-state index is 0.267. The molecule has 72 valence electrons. The molecule has 1 aromatic rings. The van der Waals surface area contributed by atoms with Crippen molar-refractivity contribution in [1.82, 2.24) is 0 Å². The van der Waals surface area contributed by atoms with E-state index in [4.69, 9.17) is 17.3 Å². The van der Waals surface area contributed by atoms with Gasteiger partial charge in [0.2, 0.25) is 0 Å². The van der Waals surface area contributed by atoms with Crippen LogP contribution in [-0.2, 0) is 6.42 Å². The Morgan fingerprint density at radius 3 is 2.85 bits per heavy atom. The normalized spacial score (nSPS) is 12.8. The smallest absolute Gasteiger partial charge is 0.0408 e. The fourth-order valence-corrected chi connectivity index (χ4v) is 1.65. The van der Waals surface area contributed by atoms with Gasteiger partial charge in [-0.05, 0) is 30.5 Å². The molecule has 13 heavy (non-hydrogen) atoms. The van der Waals surface area contributed by atoms with Crippen molar-refractivity contribution in [2.45, 2.75) is 32.2 Å². The SMILES string of the molecule is CCC[C@H](N)Cc1cccc(Cl)c1. The third-order valence-corrected chi connectivity index (χ3v) is 2.28. The van der Waals surface area contributed by atoms with Gasteiger partial charge in [0, 0.05) is 11.1 Å². The average Bonchev–Trinajstić information content (AvgIpc) is 2.04. The van der Waals surface area contributed by atoms with Crippen LogP contribution in [0.4, 0.5) is 0 Å². The van der Waals surface area contributed by atoms with Gasteiger partial charge in [0.1, 0.15) is 0 Å². The van der Waals surface area contributed by atoms with Gasteiger partial charge < -0.3 is 5.73 Å². The quantitative estimate of drug-likeness (QED) is 0.789. The van der Waals surface area contributed by atoms with Gasteiger partial charge in [-0.1, -0.05) is 37.1 Å². The summed E-state index contributed by atoms with van der Waals surface area (Å²) >= 11 is 5.86. The van der Waals surface area contributed by atoms with Gasteiger partial charge in [-0.3, -0.25) is 0 Å². The van der Waals surface area contributed by atoms with Crippen LogP contribution in [0.1, 0.15) is 25.3 Å². The molecule has 0 bridgehead atoms. The molecule has 0 aliphatic carbocycles. The zero-order valence-corrected chi connectivity index (χ0v) is 8.72. The maximum atomic E-state index is 5.92. The van der Waals surface area contributed by atoms with Crippen molar-refractivity contribution in [1.29, 1.82) is 0 Å². The molecule has 0 heterocycles. The van der Waals surface area contributed by atoms with E-state index in [1.165, 1.54) is 5.56 Å². The maximum Gasteiger partial charge on any atom is 0.0408 e. The van der Waals surface area contributed by atoms with E-state index in [2.05, 4.69) is 13.0 Å². The number of benzene rings is 1. The minimum Gasteiger partial charge on any atom is -0.327 e. The monoisotopic (exact) mass is 197 g/mol. The molecule has 0 aliphatic rings. The van der Waals surface area contributed by atoms with E-state index < -0.39 is 0 Å². The van der Waals surface area contributed by atoms with Gasteiger partial charge >= 0.3 is 0 Å². The van der Waals surface area contributed by atoms with E-state index in [0.29, 0.717) is 0 Å². The molecule has 0 aromatic heterocycles. The van der Waals surface area contributed by atoms with E-state index in [1.807, 2.05) is 18.2 Å². The first-order chi connectivity index (χ1) is 6.22. The van der Waals surface area contributed by atoms with Crippen LogP contribution in [0.25, 0.3) is 0 Å². The Kier molecular flexibility index (Phi) is 4.26. The summed E-state index contributed by atoms with van der Waals surface area (Å²) in [6, 6.07) is 8.18. The number of rotatable bonds is 4. The van der Waals surface area contributed by atoms with Crippen LogP contribution < -0.4 is 5.73 Å². The van der Waals surface area contributed by atoms with Crippen LogP contribution >= 0.6 is 11.6 Å². The Morgan fingerprint density at radius 1 is 1.46 bits per heavy atom. The third-order valence-electron chi connectivity index (χ3n) is 2.05. The summed E-state index contributed by atoms with van der Waals surface area (Å²) in [4.78, 5) is 0. The van der Waals surface area contributed by atoms with E-state index in [1.54, 1.807) is 0 Å². The molecule has 1 aromatic carbocycles. The molecule has 0 fully saturated rings. The average molecular weight is 198 g/mol. The van der Waals surface area contributed by atoms with E-state index in [0.717, 1.165) is 24.3 Å².